The molecule has 2 aromatic carbocycles. The normalized spacial score (nSPS) is 11.3. The molecule has 2 aromatic heterocycles. The number of nitriles is 1. The van der Waals surface area contributed by atoms with Gasteiger partial charge in [-0.05, 0) is 29.6 Å². The number of halogens is 1. The van der Waals surface area contributed by atoms with E-state index >= 15 is 0 Å². The number of esters is 1. The first-order chi connectivity index (χ1) is 16.6. The van der Waals surface area contributed by atoms with E-state index in [0.717, 1.165) is 14.9 Å². The van der Waals surface area contributed by atoms with E-state index in [0.29, 0.717) is 16.8 Å². The van der Waals surface area contributed by atoms with E-state index < -0.39 is 12.1 Å². The third-order valence-electron chi connectivity index (χ3n) is 4.91. The van der Waals surface area contributed by atoms with Gasteiger partial charge in [-0.15, -0.1) is 11.3 Å². The van der Waals surface area contributed by atoms with Gasteiger partial charge in [-0.1, -0.05) is 77.1 Å². The third-order valence-corrected chi connectivity index (χ3v) is 6.35. The Morgan fingerprint density at radius 2 is 1.91 bits per heavy atom. The second-order valence-corrected chi connectivity index (χ2v) is 9.02. The Morgan fingerprint density at radius 3 is 2.56 bits per heavy atom. The summed E-state index contributed by atoms with van der Waals surface area (Å²) in [5.41, 5.74) is 3.00. The van der Waals surface area contributed by atoms with Crippen molar-refractivity contribution in [2.24, 2.45) is 0 Å². The number of ether oxygens (including phenoxy) is 2. The van der Waals surface area contributed by atoms with Crippen LogP contribution in [-0.4, -0.2) is 17.6 Å². The van der Waals surface area contributed by atoms with E-state index in [-0.39, 0.29) is 18.1 Å². The lowest BCUT2D eigenvalue weighted by Gasteiger charge is -2.19. The first-order valence-corrected chi connectivity index (χ1v) is 12.0. The largest absolute Gasteiger partial charge is 0.458 e. The molecule has 7 heteroatoms. The van der Waals surface area contributed by atoms with E-state index in [1.807, 2.05) is 53.9 Å². The van der Waals surface area contributed by atoms with Crippen LogP contribution in [0.5, 0.6) is 5.88 Å². The topological polar surface area (TPSA) is 72.2 Å². The molecule has 5 nitrogen and oxygen atoms in total. The Morgan fingerprint density at radius 1 is 1.15 bits per heavy atom. The second kappa shape index (κ2) is 10.9. The number of benzene rings is 2. The van der Waals surface area contributed by atoms with Crippen LogP contribution in [0.25, 0.3) is 21.7 Å². The number of thiophene rings is 1. The molecule has 2 heterocycles. The van der Waals surface area contributed by atoms with E-state index in [9.17, 15) is 10.1 Å². The quantitative estimate of drug-likeness (QED) is 0.182. The number of hydrogen-bond donors (Lipinski definition) is 0. The first kappa shape index (κ1) is 23.4. The fourth-order valence-corrected chi connectivity index (χ4v) is 4.33. The summed E-state index contributed by atoms with van der Waals surface area (Å²) in [4.78, 5) is 18.5. The number of hydrogen-bond acceptors (Lipinski definition) is 6. The van der Waals surface area contributed by atoms with Crippen LogP contribution in [0.3, 0.4) is 0 Å². The molecular formula is C27H19BrN2O3S. The maximum absolute atomic E-state index is 12.9. The van der Waals surface area contributed by atoms with Crippen molar-refractivity contribution in [3.63, 3.8) is 0 Å². The van der Waals surface area contributed by atoms with Gasteiger partial charge >= 0.3 is 5.97 Å². The molecule has 0 aliphatic heterocycles. The molecule has 0 aliphatic rings. The van der Waals surface area contributed by atoms with Crippen molar-refractivity contribution < 1.29 is 14.3 Å². The number of carbonyl (C=O) groups is 1. The minimum atomic E-state index is -1.10. The molecule has 168 valence electrons. The van der Waals surface area contributed by atoms with Crippen molar-refractivity contribution in [2.45, 2.75) is 6.10 Å². The van der Waals surface area contributed by atoms with E-state index in [1.54, 1.807) is 24.3 Å². The molecule has 0 aliphatic carbocycles. The predicted molar refractivity (Wildman–Crippen MR) is 136 cm³/mol. The summed E-state index contributed by atoms with van der Waals surface area (Å²) in [7, 11) is 0. The maximum Gasteiger partial charge on any atom is 0.352 e. The van der Waals surface area contributed by atoms with Gasteiger partial charge in [0.05, 0.1) is 5.69 Å². The van der Waals surface area contributed by atoms with Crippen LogP contribution >= 0.6 is 27.3 Å². The highest BCUT2D eigenvalue weighted by atomic mass is 79.9. The van der Waals surface area contributed by atoms with Crippen molar-refractivity contribution >= 4 is 33.2 Å². The molecule has 0 saturated carbocycles. The van der Waals surface area contributed by atoms with Crippen molar-refractivity contribution in [3.8, 4) is 33.6 Å². The van der Waals surface area contributed by atoms with E-state index in [2.05, 4.69) is 33.6 Å². The van der Waals surface area contributed by atoms with Crippen LogP contribution in [0.15, 0.2) is 95.3 Å². The average molecular weight is 531 g/mol. The number of pyridine rings is 1. The van der Waals surface area contributed by atoms with Gasteiger partial charge in [-0.25, -0.2) is 9.78 Å². The Kier molecular flexibility index (Phi) is 7.53. The number of rotatable bonds is 8. The summed E-state index contributed by atoms with van der Waals surface area (Å²) in [6, 6.07) is 24.6. The molecule has 1 atom stereocenters. The van der Waals surface area contributed by atoms with Gasteiger partial charge in [-0.2, -0.15) is 5.26 Å². The Bertz CT molecular complexity index is 1330. The standard InChI is InChI=1S/C27H19BrN2O3S/c1-2-14-32-27(31)25(19-7-4-3-5-8-19)33-26-22(17-29)21(24-9-6-15-34-24)16-23(30-26)18-10-12-20(28)13-11-18/h2-13,15-16,25H,1,14H2. The Hall–Kier alpha value is -3.73. The van der Waals surface area contributed by atoms with Crippen LogP contribution in [0.1, 0.15) is 17.2 Å². The lowest BCUT2D eigenvalue weighted by atomic mass is 10.0. The molecule has 0 saturated heterocycles. The summed E-state index contributed by atoms with van der Waals surface area (Å²) >= 11 is 4.96. The number of carbonyl (C=O) groups excluding carboxylic acids is 1. The van der Waals surface area contributed by atoms with Gasteiger partial charge in [0, 0.05) is 26.0 Å². The highest BCUT2D eigenvalue weighted by Crippen LogP contribution is 2.37. The molecule has 1 unspecified atom stereocenters. The highest BCUT2D eigenvalue weighted by Gasteiger charge is 2.27. The van der Waals surface area contributed by atoms with Crippen molar-refractivity contribution in [2.75, 3.05) is 6.61 Å². The SMILES string of the molecule is C=CCOC(=O)C(Oc1nc(-c2ccc(Br)cc2)cc(-c2cccs2)c1C#N)c1ccccc1. The maximum atomic E-state index is 12.9. The Labute approximate surface area is 210 Å². The zero-order valence-corrected chi connectivity index (χ0v) is 20.4. The number of aromatic nitrogens is 1. The molecule has 0 radical (unpaired) electrons. The fraction of sp³-hybridized carbons (Fsp3) is 0.0741. The molecule has 0 amide bonds. The molecule has 0 N–H and O–H groups in total. The van der Waals surface area contributed by atoms with E-state index in [1.165, 1.54) is 17.4 Å². The Balaban J connectivity index is 1.86. The van der Waals surface area contributed by atoms with E-state index in [4.69, 9.17) is 9.47 Å². The minimum Gasteiger partial charge on any atom is -0.458 e. The molecule has 0 spiro atoms. The van der Waals surface area contributed by atoms with Crippen molar-refractivity contribution in [1.29, 1.82) is 5.26 Å². The fourth-order valence-electron chi connectivity index (χ4n) is 3.32. The van der Waals surface area contributed by atoms with Gasteiger partial charge in [-0.3, -0.25) is 0 Å². The lowest BCUT2D eigenvalue weighted by molar-refractivity contribution is -0.151. The van der Waals surface area contributed by atoms with Crippen LogP contribution in [0.2, 0.25) is 0 Å². The molecular weight excluding hydrogens is 512 g/mol. The molecule has 4 aromatic rings. The van der Waals surface area contributed by atoms with Gasteiger partial charge in [0.2, 0.25) is 12.0 Å². The highest BCUT2D eigenvalue weighted by molar-refractivity contribution is 9.10. The monoisotopic (exact) mass is 530 g/mol. The zero-order chi connectivity index (χ0) is 23.9. The van der Waals surface area contributed by atoms with Crippen molar-refractivity contribution in [1.82, 2.24) is 4.98 Å². The van der Waals surface area contributed by atoms with Crippen LogP contribution < -0.4 is 4.74 Å². The smallest absolute Gasteiger partial charge is 0.352 e. The molecule has 0 bridgehead atoms. The van der Waals surface area contributed by atoms with Crippen LogP contribution in [0, 0.1) is 11.3 Å². The third kappa shape index (κ3) is 5.25. The second-order valence-electron chi connectivity index (χ2n) is 7.16. The zero-order valence-electron chi connectivity index (χ0n) is 18.0. The first-order valence-electron chi connectivity index (χ1n) is 10.3. The van der Waals surface area contributed by atoms with Crippen LogP contribution in [0.4, 0.5) is 0 Å². The summed E-state index contributed by atoms with van der Waals surface area (Å²) in [6.45, 7) is 3.64. The average Bonchev–Trinajstić information content (AvgIpc) is 3.41. The van der Waals surface area contributed by atoms with Crippen LogP contribution in [-0.2, 0) is 9.53 Å². The van der Waals surface area contributed by atoms with Gasteiger partial charge in [0.15, 0.2) is 0 Å². The summed E-state index contributed by atoms with van der Waals surface area (Å²) in [5.74, 6) is -0.528. The molecule has 0 fully saturated rings. The molecule has 4 rings (SSSR count). The minimum absolute atomic E-state index is 0.0451. The predicted octanol–water partition coefficient (Wildman–Crippen LogP) is 6.96. The number of nitrogens with zero attached hydrogens (tertiary/aromatic N) is 2. The molecule has 34 heavy (non-hydrogen) atoms. The summed E-state index contributed by atoms with van der Waals surface area (Å²) < 4.78 is 12.4. The summed E-state index contributed by atoms with van der Waals surface area (Å²) in [6.07, 6.45) is 0.388. The van der Waals surface area contributed by atoms with Gasteiger partial charge < -0.3 is 9.47 Å². The van der Waals surface area contributed by atoms with Gasteiger partial charge in [0.25, 0.3) is 0 Å². The summed E-state index contributed by atoms with van der Waals surface area (Å²) in [5, 5.41) is 12.0. The van der Waals surface area contributed by atoms with Crippen molar-refractivity contribution in [3.05, 3.63) is 106 Å². The van der Waals surface area contributed by atoms with Gasteiger partial charge in [0.1, 0.15) is 18.2 Å². The lowest BCUT2D eigenvalue weighted by Crippen LogP contribution is -2.22.